The molecule has 22 heavy (non-hydrogen) atoms. The van der Waals surface area contributed by atoms with E-state index in [9.17, 15) is 5.11 Å². The minimum Gasteiger partial charge on any atom is -0.457 e. The summed E-state index contributed by atoms with van der Waals surface area (Å²) in [6, 6.07) is 23.3. The fourth-order valence-corrected chi connectivity index (χ4v) is 3.15. The van der Waals surface area contributed by atoms with Crippen LogP contribution >= 0.6 is 0 Å². The lowest BCUT2D eigenvalue weighted by Gasteiger charge is -2.36. The molecule has 0 radical (unpaired) electrons. The third-order valence-corrected chi connectivity index (χ3v) is 4.21. The predicted molar refractivity (Wildman–Crippen MR) is 86.2 cm³/mol. The van der Waals surface area contributed by atoms with Crippen molar-refractivity contribution in [2.75, 3.05) is 0 Å². The molecule has 0 saturated carbocycles. The van der Waals surface area contributed by atoms with Gasteiger partial charge in [-0.05, 0) is 24.6 Å². The molecule has 2 nitrogen and oxygen atoms in total. The molecule has 0 amide bonds. The van der Waals surface area contributed by atoms with Crippen molar-refractivity contribution in [3.05, 3.63) is 95.1 Å². The van der Waals surface area contributed by atoms with Crippen molar-refractivity contribution in [1.82, 2.24) is 0 Å². The number of aryl methyl sites for hydroxylation is 1. The van der Waals surface area contributed by atoms with Crippen molar-refractivity contribution in [1.29, 1.82) is 0 Å². The number of fused-ring (bicyclic) bond motifs is 2. The zero-order valence-electron chi connectivity index (χ0n) is 12.3. The van der Waals surface area contributed by atoms with E-state index in [0.717, 1.165) is 22.3 Å². The van der Waals surface area contributed by atoms with Gasteiger partial charge in [-0.3, -0.25) is 0 Å². The summed E-state index contributed by atoms with van der Waals surface area (Å²) >= 11 is 0. The maximum atomic E-state index is 11.7. The molecular formula is C20H16O2. The number of rotatable bonds is 1. The van der Waals surface area contributed by atoms with Gasteiger partial charge in [-0.25, -0.2) is 0 Å². The molecule has 0 fully saturated rings. The molecule has 3 aromatic rings. The van der Waals surface area contributed by atoms with Crippen molar-refractivity contribution in [3.63, 3.8) is 0 Å². The molecule has 1 heterocycles. The number of hydrogen-bond donors (Lipinski definition) is 1. The second kappa shape index (κ2) is 4.72. The van der Waals surface area contributed by atoms with Gasteiger partial charge in [-0.2, -0.15) is 0 Å². The molecule has 108 valence electrons. The second-order valence-electron chi connectivity index (χ2n) is 5.67. The summed E-state index contributed by atoms with van der Waals surface area (Å²) in [5.41, 5.74) is 2.33. The Labute approximate surface area is 129 Å². The van der Waals surface area contributed by atoms with Gasteiger partial charge in [-0.15, -0.1) is 0 Å². The first kappa shape index (κ1) is 13.1. The standard InChI is InChI=1S/C20H16O2/c1-14-7-6-8-15(13-14)20(21)16-9-2-4-11-18(16)22-19-12-5-3-10-17(19)20/h2-13,21H,1H3. The monoisotopic (exact) mass is 288 g/mol. The van der Waals surface area contributed by atoms with E-state index in [1.807, 2.05) is 79.7 Å². The first-order valence-electron chi connectivity index (χ1n) is 7.36. The summed E-state index contributed by atoms with van der Waals surface area (Å²) in [6.07, 6.45) is 0. The minimum absolute atomic E-state index is 0.699. The topological polar surface area (TPSA) is 29.5 Å². The van der Waals surface area contributed by atoms with Crippen LogP contribution in [0.1, 0.15) is 22.3 Å². The van der Waals surface area contributed by atoms with Gasteiger partial charge >= 0.3 is 0 Å². The summed E-state index contributed by atoms with van der Waals surface area (Å²) < 4.78 is 5.96. The highest BCUT2D eigenvalue weighted by atomic mass is 16.5. The Morgan fingerprint density at radius 3 is 1.95 bits per heavy atom. The molecule has 4 rings (SSSR count). The lowest BCUT2D eigenvalue weighted by atomic mass is 9.78. The predicted octanol–water partition coefficient (Wildman–Crippen LogP) is 4.38. The summed E-state index contributed by atoms with van der Waals surface area (Å²) in [4.78, 5) is 0. The number of benzene rings is 3. The van der Waals surface area contributed by atoms with Gasteiger partial charge in [0, 0.05) is 11.1 Å². The molecule has 2 heteroatoms. The minimum atomic E-state index is -1.20. The Kier molecular flexibility index (Phi) is 2.81. The molecule has 0 atom stereocenters. The Morgan fingerprint density at radius 2 is 1.36 bits per heavy atom. The first-order chi connectivity index (χ1) is 10.7. The summed E-state index contributed by atoms with van der Waals surface area (Å²) in [5, 5.41) is 11.7. The fourth-order valence-electron chi connectivity index (χ4n) is 3.15. The van der Waals surface area contributed by atoms with Gasteiger partial charge in [0.1, 0.15) is 17.1 Å². The Morgan fingerprint density at radius 1 is 0.773 bits per heavy atom. The van der Waals surface area contributed by atoms with Crippen molar-refractivity contribution >= 4 is 0 Å². The maximum absolute atomic E-state index is 11.7. The van der Waals surface area contributed by atoms with Crippen LogP contribution in [0.25, 0.3) is 0 Å². The van der Waals surface area contributed by atoms with Gasteiger partial charge in [0.25, 0.3) is 0 Å². The number of aliphatic hydroxyl groups is 1. The van der Waals surface area contributed by atoms with E-state index in [1.165, 1.54) is 0 Å². The van der Waals surface area contributed by atoms with Gasteiger partial charge in [0.15, 0.2) is 0 Å². The lowest BCUT2D eigenvalue weighted by molar-refractivity contribution is 0.112. The summed E-state index contributed by atoms with van der Waals surface area (Å²) in [6.45, 7) is 2.03. The van der Waals surface area contributed by atoms with Crippen molar-refractivity contribution in [3.8, 4) is 11.5 Å². The zero-order valence-corrected chi connectivity index (χ0v) is 12.3. The summed E-state index contributed by atoms with van der Waals surface area (Å²) in [7, 11) is 0. The fraction of sp³-hybridized carbons (Fsp3) is 0.100. The Balaban J connectivity index is 2.06. The molecule has 1 N–H and O–H groups in total. The number of ether oxygens (including phenoxy) is 1. The zero-order chi connectivity index (χ0) is 15.2. The molecule has 0 saturated heterocycles. The van der Waals surface area contributed by atoms with Crippen LogP contribution in [0.3, 0.4) is 0 Å². The van der Waals surface area contributed by atoms with Crippen LogP contribution in [0, 0.1) is 6.92 Å². The Bertz CT molecular complexity index is 806. The second-order valence-corrected chi connectivity index (χ2v) is 5.67. The third kappa shape index (κ3) is 1.78. The Hall–Kier alpha value is -2.58. The lowest BCUT2D eigenvalue weighted by Crippen LogP contribution is -2.32. The molecule has 1 aliphatic rings. The average molecular weight is 288 g/mol. The molecule has 0 aliphatic carbocycles. The van der Waals surface area contributed by atoms with E-state index in [0.29, 0.717) is 11.5 Å². The largest absolute Gasteiger partial charge is 0.457 e. The van der Waals surface area contributed by atoms with Gasteiger partial charge in [0.2, 0.25) is 0 Å². The molecule has 0 aromatic heterocycles. The van der Waals surface area contributed by atoms with Crippen LogP contribution in [0.2, 0.25) is 0 Å². The van der Waals surface area contributed by atoms with Gasteiger partial charge in [0.05, 0.1) is 0 Å². The van der Waals surface area contributed by atoms with Crippen molar-refractivity contribution < 1.29 is 9.84 Å². The highest BCUT2D eigenvalue weighted by Crippen LogP contribution is 2.49. The van der Waals surface area contributed by atoms with E-state index in [2.05, 4.69) is 0 Å². The molecule has 1 aliphatic heterocycles. The molecule has 0 spiro atoms. The van der Waals surface area contributed by atoms with Crippen LogP contribution in [0.4, 0.5) is 0 Å². The molecule has 3 aromatic carbocycles. The van der Waals surface area contributed by atoms with Crippen LogP contribution in [0.15, 0.2) is 72.8 Å². The molecular weight excluding hydrogens is 272 g/mol. The van der Waals surface area contributed by atoms with Crippen LogP contribution in [0.5, 0.6) is 11.5 Å². The van der Waals surface area contributed by atoms with E-state index < -0.39 is 5.60 Å². The average Bonchev–Trinajstić information content (AvgIpc) is 2.55. The van der Waals surface area contributed by atoms with E-state index in [4.69, 9.17) is 4.74 Å². The van der Waals surface area contributed by atoms with Crippen LogP contribution in [-0.2, 0) is 5.60 Å². The molecule has 0 bridgehead atoms. The van der Waals surface area contributed by atoms with Crippen LogP contribution in [-0.4, -0.2) is 5.11 Å². The highest BCUT2D eigenvalue weighted by Gasteiger charge is 2.41. The highest BCUT2D eigenvalue weighted by molar-refractivity contribution is 5.60. The van der Waals surface area contributed by atoms with Gasteiger partial charge in [-0.1, -0.05) is 66.2 Å². The van der Waals surface area contributed by atoms with E-state index >= 15 is 0 Å². The third-order valence-electron chi connectivity index (χ3n) is 4.21. The normalized spacial score (nSPS) is 14.6. The van der Waals surface area contributed by atoms with E-state index in [-0.39, 0.29) is 0 Å². The smallest absolute Gasteiger partial charge is 0.147 e. The SMILES string of the molecule is Cc1cccc(C2(O)c3ccccc3Oc3ccccc32)c1. The first-order valence-corrected chi connectivity index (χ1v) is 7.36. The van der Waals surface area contributed by atoms with Crippen molar-refractivity contribution in [2.45, 2.75) is 12.5 Å². The number of hydrogen-bond acceptors (Lipinski definition) is 2. The van der Waals surface area contributed by atoms with E-state index in [1.54, 1.807) is 0 Å². The maximum Gasteiger partial charge on any atom is 0.147 e. The van der Waals surface area contributed by atoms with Crippen molar-refractivity contribution in [2.24, 2.45) is 0 Å². The van der Waals surface area contributed by atoms with Gasteiger partial charge < -0.3 is 9.84 Å². The summed E-state index contributed by atoms with van der Waals surface area (Å²) in [5.74, 6) is 1.40. The van der Waals surface area contributed by atoms with Crippen LogP contribution < -0.4 is 4.74 Å². The number of para-hydroxylation sites is 2. The quantitative estimate of drug-likeness (QED) is 0.720. The molecule has 0 unspecified atom stereocenters.